The second-order valence-corrected chi connectivity index (χ2v) is 10.7. The summed E-state index contributed by atoms with van der Waals surface area (Å²) in [5.41, 5.74) is 0.596. The van der Waals surface area contributed by atoms with Crippen molar-refractivity contribution >= 4 is 41.0 Å². The van der Waals surface area contributed by atoms with Gasteiger partial charge in [0.05, 0.1) is 23.4 Å². The highest BCUT2D eigenvalue weighted by atomic mass is 16.6. The molecule has 0 heterocycles. The maximum atomic E-state index is 13.2. The van der Waals surface area contributed by atoms with Crippen LogP contribution in [0.5, 0.6) is 5.75 Å². The maximum Gasteiger partial charge on any atom is 0.305 e. The molecule has 0 radical (unpaired) electrons. The smallest absolute Gasteiger partial charge is 0.305 e. The Hall–Kier alpha value is -5.09. The first-order valence-electron chi connectivity index (χ1n) is 13.9. The second kappa shape index (κ2) is 16.7. The van der Waals surface area contributed by atoms with E-state index in [9.17, 15) is 49.4 Å². The van der Waals surface area contributed by atoms with Gasteiger partial charge in [0.2, 0.25) is 23.6 Å². The van der Waals surface area contributed by atoms with Crippen molar-refractivity contribution in [2.24, 2.45) is 5.92 Å². The molecular formula is C29H38N6O10. The number of aliphatic hydroxyl groups is 1. The number of rotatable bonds is 16. The zero-order chi connectivity index (χ0) is 33.8. The molecule has 16 heteroatoms. The van der Waals surface area contributed by atoms with E-state index >= 15 is 0 Å². The van der Waals surface area contributed by atoms with Crippen LogP contribution in [0.2, 0.25) is 0 Å². The molecule has 0 aliphatic carbocycles. The Bertz CT molecular complexity index is 1370. The van der Waals surface area contributed by atoms with E-state index in [4.69, 9.17) is 0 Å². The molecular weight excluding hydrogens is 592 g/mol. The Kier molecular flexibility index (Phi) is 13.4. The summed E-state index contributed by atoms with van der Waals surface area (Å²) in [5, 5.41) is 53.2. The number of phenolic OH excluding ortho intramolecular Hbond substituents is 1. The summed E-state index contributed by atoms with van der Waals surface area (Å²) in [7, 11) is 0. The predicted molar refractivity (Wildman–Crippen MR) is 161 cm³/mol. The van der Waals surface area contributed by atoms with Gasteiger partial charge >= 0.3 is 5.97 Å². The summed E-state index contributed by atoms with van der Waals surface area (Å²) < 4.78 is 0. The van der Waals surface area contributed by atoms with Gasteiger partial charge in [0.15, 0.2) is 0 Å². The molecule has 0 bridgehead atoms. The molecule has 16 nitrogen and oxygen atoms in total. The monoisotopic (exact) mass is 630 g/mol. The van der Waals surface area contributed by atoms with E-state index < -0.39 is 77.3 Å². The second-order valence-electron chi connectivity index (χ2n) is 10.7. The lowest BCUT2D eigenvalue weighted by molar-refractivity contribution is -0.384. The number of anilines is 1. The standard InChI is InChI=1S/C29H38N6O10/c1-15(2)25(34-28(42)22(31-17(4)36)13-18-5-11-21(37)12-6-18)29(43)30-16(3)26(40)33-23(14-24(38)39)27(41)32-19-7-9-20(10-8-19)35(44)45/h5-12,15-16,22-23,25,28,34,37,42H,13-14H2,1-4H3,(H,30,43)(H,31,36)(H,32,41)(H,33,40)(H,38,39). The minimum absolute atomic E-state index is 0.0441. The first kappa shape index (κ1) is 36.1. The van der Waals surface area contributed by atoms with Gasteiger partial charge in [-0.25, -0.2) is 0 Å². The van der Waals surface area contributed by atoms with Crippen LogP contribution in [0.15, 0.2) is 48.5 Å². The van der Waals surface area contributed by atoms with Crippen molar-refractivity contribution in [3.05, 3.63) is 64.2 Å². The van der Waals surface area contributed by atoms with Gasteiger partial charge in [-0.2, -0.15) is 0 Å². The predicted octanol–water partition coefficient (Wildman–Crippen LogP) is 0.383. The number of carboxylic acids is 1. The highest BCUT2D eigenvalue weighted by molar-refractivity contribution is 6.00. The topological polar surface area (TPSA) is 249 Å². The normalized spacial score (nSPS) is 14.3. The fourth-order valence-electron chi connectivity index (χ4n) is 4.20. The van der Waals surface area contributed by atoms with Crippen LogP contribution in [-0.2, 0) is 30.4 Å². The third kappa shape index (κ3) is 11.8. The molecule has 244 valence electrons. The van der Waals surface area contributed by atoms with Gasteiger partial charge in [0.1, 0.15) is 24.1 Å². The molecule has 0 aromatic heterocycles. The first-order valence-corrected chi connectivity index (χ1v) is 13.9. The lowest BCUT2D eigenvalue weighted by Crippen LogP contribution is -2.60. The van der Waals surface area contributed by atoms with Gasteiger partial charge in [0, 0.05) is 24.7 Å². The number of carbonyl (C=O) groups is 5. The number of hydrogen-bond donors (Lipinski definition) is 8. The molecule has 5 atom stereocenters. The van der Waals surface area contributed by atoms with E-state index in [-0.39, 0.29) is 23.5 Å². The average molecular weight is 631 g/mol. The highest BCUT2D eigenvalue weighted by Crippen LogP contribution is 2.16. The number of hydrogen-bond acceptors (Lipinski definition) is 10. The molecule has 4 amide bonds. The van der Waals surface area contributed by atoms with Crippen molar-refractivity contribution in [3.63, 3.8) is 0 Å². The van der Waals surface area contributed by atoms with Crippen LogP contribution in [0.25, 0.3) is 0 Å². The molecule has 2 rings (SSSR count). The van der Waals surface area contributed by atoms with Crippen molar-refractivity contribution in [1.29, 1.82) is 0 Å². The number of benzene rings is 2. The fraction of sp³-hybridized carbons (Fsp3) is 0.414. The summed E-state index contributed by atoms with van der Waals surface area (Å²) in [6.45, 7) is 5.96. The van der Waals surface area contributed by atoms with Gasteiger partial charge in [-0.05, 0) is 49.1 Å². The molecule has 2 aromatic carbocycles. The van der Waals surface area contributed by atoms with Gasteiger partial charge < -0.3 is 36.6 Å². The van der Waals surface area contributed by atoms with E-state index in [1.807, 2.05) is 0 Å². The van der Waals surface area contributed by atoms with Crippen LogP contribution < -0.4 is 26.6 Å². The van der Waals surface area contributed by atoms with Crippen molar-refractivity contribution in [2.75, 3.05) is 5.32 Å². The van der Waals surface area contributed by atoms with Gasteiger partial charge in [0.25, 0.3) is 5.69 Å². The van der Waals surface area contributed by atoms with Crippen LogP contribution >= 0.6 is 0 Å². The van der Waals surface area contributed by atoms with E-state index in [0.29, 0.717) is 5.56 Å². The average Bonchev–Trinajstić information content (AvgIpc) is 2.95. The Morgan fingerprint density at radius 1 is 0.867 bits per heavy atom. The van der Waals surface area contributed by atoms with Crippen LogP contribution in [0, 0.1) is 16.0 Å². The number of nitrogens with one attached hydrogen (secondary N) is 5. The Morgan fingerprint density at radius 2 is 1.47 bits per heavy atom. The zero-order valence-electron chi connectivity index (χ0n) is 25.1. The van der Waals surface area contributed by atoms with Crippen LogP contribution in [0.4, 0.5) is 11.4 Å². The van der Waals surface area contributed by atoms with E-state index in [0.717, 1.165) is 12.1 Å². The minimum Gasteiger partial charge on any atom is -0.508 e. The third-order valence-electron chi connectivity index (χ3n) is 6.57. The van der Waals surface area contributed by atoms with Gasteiger partial charge in [-0.15, -0.1) is 0 Å². The number of amides is 4. The number of carbonyl (C=O) groups excluding carboxylic acids is 4. The highest BCUT2D eigenvalue weighted by Gasteiger charge is 2.32. The lowest BCUT2D eigenvalue weighted by Gasteiger charge is -2.31. The lowest BCUT2D eigenvalue weighted by atomic mass is 10.00. The number of aliphatic hydroxyl groups excluding tert-OH is 1. The zero-order valence-corrected chi connectivity index (χ0v) is 25.1. The first-order chi connectivity index (χ1) is 21.1. The molecule has 45 heavy (non-hydrogen) atoms. The quantitative estimate of drug-likeness (QED) is 0.0715. The van der Waals surface area contributed by atoms with Crippen molar-refractivity contribution in [1.82, 2.24) is 21.3 Å². The number of nitro benzene ring substituents is 1. The third-order valence-corrected chi connectivity index (χ3v) is 6.57. The molecule has 0 aliphatic rings. The van der Waals surface area contributed by atoms with Crippen molar-refractivity contribution < 1.29 is 44.2 Å². The van der Waals surface area contributed by atoms with Crippen LogP contribution in [-0.4, -0.2) is 80.2 Å². The molecule has 0 fully saturated rings. The number of phenols is 1. The number of nitro groups is 1. The summed E-state index contributed by atoms with van der Waals surface area (Å²) in [6, 6.07) is 6.20. The number of aromatic hydroxyl groups is 1. The molecule has 0 saturated carbocycles. The number of non-ortho nitro benzene ring substituents is 1. The number of carboxylic acid groups (broad SMARTS) is 1. The van der Waals surface area contributed by atoms with E-state index in [1.54, 1.807) is 26.0 Å². The largest absolute Gasteiger partial charge is 0.508 e. The summed E-state index contributed by atoms with van der Waals surface area (Å²) >= 11 is 0. The van der Waals surface area contributed by atoms with Crippen LogP contribution in [0.1, 0.15) is 39.7 Å². The van der Waals surface area contributed by atoms with E-state index in [1.165, 1.54) is 38.1 Å². The van der Waals surface area contributed by atoms with Crippen LogP contribution in [0.3, 0.4) is 0 Å². The number of aliphatic carboxylic acids is 1. The van der Waals surface area contributed by atoms with Crippen molar-refractivity contribution in [2.45, 2.75) is 70.9 Å². The molecule has 8 N–H and O–H groups in total. The summed E-state index contributed by atoms with van der Waals surface area (Å²) in [5.74, 6) is -4.65. The fourth-order valence-corrected chi connectivity index (χ4v) is 4.20. The van der Waals surface area contributed by atoms with Gasteiger partial charge in [-0.3, -0.25) is 39.4 Å². The minimum atomic E-state index is -1.55. The molecule has 5 unspecified atom stereocenters. The SMILES string of the molecule is CC(=O)NC(Cc1ccc(O)cc1)C(O)NC(C(=O)NC(C)C(=O)NC(CC(=O)O)C(=O)Nc1ccc([N+](=O)[O-])cc1)C(C)C. The molecule has 0 saturated heterocycles. The Morgan fingerprint density at radius 3 is 1.98 bits per heavy atom. The number of nitrogens with zero attached hydrogens (tertiary/aromatic N) is 1. The Labute approximate surface area is 258 Å². The maximum absolute atomic E-state index is 13.2. The Balaban J connectivity index is 2.08. The molecule has 2 aromatic rings. The van der Waals surface area contributed by atoms with Crippen molar-refractivity contribution in [3.8, 4) is 5.75 Å². The summed E-state index contributed by atoms with van der Waals surface area (Å²) in [4.78, 5) is 72.3. The summed E-state index contributed by atoms with van der Waals surface area (Å²) in [6.07, 6.45) is -2.04. The van der Waals surface area contributed by atoms with E-state index in [2.05, 4.69) is 26.6 Å². The van der Waals surface area contributed by atoms with Gasteiger partial charge in [-0.1, -0.05) is 26.0 Å². The molecule has 0 spiro atoms. The molecule has 0 aliphatic heterocycles.